The Kier molecular flexibility index (Phi) is 10.5. The Morgan fingerprint density at radius 1 is 0.719 bits per heavy atom. The van der Waals surface area contributed by atoms with Crippen LogP contribution >= 0.6 is 0 Å². The maximum Gasteiger partial charge on any atom is 0.305 e. The van der Waals surface area contributed by atoms with Crippen LogP contribution in [0.1, 0.15) is 12.2 Å². The number of hydrogen-bond donors (Lipinski definition) is 9. The molecule has 2 aromatic heterocycles. The molecule has 2 aromatic rings. The third-order valence-corrected chi connectivity index (χ3v) is 3.68. The van der Waals surface area contributed by atoms with Gasteiger partial charge in [0.2, 0.25) is 29.7 Å². The van der Waals surface area contributed by atoms with Crippen LogP contribution in [-0.4, -0.2) is 86.8 Å². The second-order valence-corrected chi connectivity index (χ2v) is 6.34. The van der Waals surface area contributed by atoms with Gasteiger partial charge in [0.05, 0.1) is 13.0 Å². The van der Waals surface area contributed by atoms with Crippen LogP contribution in [0, 0.1) is 0 Å². The number of anilines is 5. The molecule has 0 saturated heterocycles. The molecule has 0 atom stereocenters. The molecule has 16 heteroatoms. The number of nitrogens with zero attached hydrogens (tertiary/aromatic N) is 6. The van der Waals surface area contributed by atoms with Crippen molar-refractivity contribution in [3.8, 4) is 0 Å². The minimum Gasteiger partial charge on any atom is -0.481 e. The van der Waals surface area contributed by atoms with E-state index in [1.165, 1.54) is 0 Å². The fourth-order valence-electron chi connectivity index (χ4n) is 2.32. The van der Waals surface area contributed by atoms with Gasteiger partial charge >= 0.3 is 5.97 Å². The van der Waals surface area contributed by atoms with Crippen molar-refractivity contribution in [3.05, 3.63) is 5.82 Å². The molecule has 176 valence electrons. The summed E-state index contributed by atoms with van der Waals surface area (Å²) >= 11 is 0. The molecule has 0 bridgehead atoms. The lowest BCUT2D eigenvalue weighted by atomic mass is 10.4. The van der Waals surface area contributed by atoms with Crippen LogP contribution in [0.4, 0.5) is 29.7 Å². The lowest BCUT2D eigenvalue weighted by Gasteiger charge is -2.11. The van der Waals surface area contributed by atoms with E-state index in [0.29, 0.717) is 69.5 Å². The Bertz CT molecular complexity index is 851. The van der Waals surface area contributed by atoms with Crippen LogP contribution < -0.4 is 43.8 Å². The number of carboxylic acids is 1. The molecule has 0 saturated carbocycles. The van der Waals surface area contributed by atoms with E-state index >= 15 is 0 Å². The van der Waals surface area contributed by atoms with E-state index in [4.69, 9.17) is 22.3 Å². The van der Waals surface area contributed by atoms with Gasteiger partial charge in [-0.05, 0) is 0 Å². The van der Waals surface area contributed by atoms with Crippen LogP contribution in [0.25, 0.3) is 0 Å². The average molecular weight is 451 g/mol. The summed E-state index contributed by atoms with van der Waals surface area (Å²) in [6.07, 6.45) is -0.0540. The first-order valence-electron chi connectivity index (χ1n) is 10.0. The largest absolute Gasteiger partial charge is 0.481 e. The van der Waals surface area contributed by atoms with Gasteiger partial charge < -0.3 is 48.9 Å². The third kappa shape index (κ3) is 9.45. The maximum absolute atomic E-state index is 10.7. The number of hydrogen-bond acceptors (Lipinski definition) is 15. The molecule has 12 N–H and O–H groups in total. The SMILES string of the molecule is NCCNc1nc(N)nc(NCCNCc2nc(NCCN)nc(NCCC(=O)O)n2)n1. The van der Waals surface area contributed by atoms with Crippen molar-refractivity contribution in [3.63, 3.8) is 0 Å². The van der Waals surface area contributed by atoms with Gasteiger partial charge in [-0.1, -0.05) is 0 Å². The van der Waals surface area contributed by atoms with Gasteiger partial charge in [-0.2, -0.15) is 29.9 Å². The van der Waals surface area contributed by atoms with Crippen molar-refractivity contribution in [2.75, 3.05) is 72.8 Å². The number of rotatable bonds is 16. The Hall–Kier alpha value is -3.63. The smallest absolute Gasteiger partial charge is 0.305 e. The van der Waals surface area contributed by atoms with E-state index in [9.17, 15) is 4.79 Å². The van der Waals surface area contributed by atoms with Crippen molar-refractivity contribution >= 4 is 35.7 Å². The first kappa shape index (κ1) is 24.6. The number of carboxylic acid groups (broad SMARTS) is 1. The molecule has 0 spiro atoms. The molecule has 0 aromatic carbocycles. The van der Waals surface area contributed by atoms with Gasteiger partial charge in [0.15, 0.2) is 0 Å². The summed E-state index contributed by atoms with van der Waals surface area (Å²) in [5, 5.41) is 23.8. The Balaban J connectivity index is 1.85. The number of aromatic nitrogens is 6. The molecule has 32 heavy (non-hydrogen) atoms. The lowest BCUT2D eigenvalue weighted by molar-refractivity contribution is -0.136. The van der Waals surface area contributed by atoms with E-state index in [-0.39, 0.29) is 24.9 Å². The molecule has 0 unspecified atom stereocenters. The number of nitrogens with two attached hydrogens (primary N) is 3. The molecule has 16 nitrogen and oxygen atoms in total. The first-order chi connectivity index (χ1) is 15.5. The zero-order valence-corrected chi connectivity index (χ0v) is 17.6. The van der Waals surface area contributed by atoms with E-state index in [1.54, 1.807) is 0 Å². The monoisotopic (exact) mass is 450 g/mol. The zero-order valence-electron chi connectivity index (χ0n) is 17.6. The molecular weight excluding hydrogens is 420 g/mol. The van der Waals surface area contributed by atoms with Gasteiger partial charge in [0.25, 0.3) is 0 Å². The standard InChI is InChI=1S/C16H30N14O2/c17-2-5-22-14-26-10(25-13(29-14)21-4-1-11(31)32)9-20-7-8-24-16-28-12(19)27-15(30-16)23-6-3-18/h20H,1-9,17-18H2,(H,31,32)(H2,21,22,25,26,29)(H4,19,23,24,27,28,30). The topological polar surface area (TPSA) is 253 Å². The van der Waals surface area contributed by atoms with Gasteiger partial charge in [0.1, 0.15) is 5.82 Å². The third-order valence-electron chi connectivity index (χ3n) is 3.68. The summed E-state index contributed by atoms with van der Waals surface area (Å²) in [5.74, 6) is 1.01. The van der Waals surface area contributed by atoms with E-state index in [1.807, 2.05) is 0 Å². The van der Waals surface area contributed by atoms with Crippen molar-refractivity contribution < 1.29 is 9.90 Å². The van der Waals surface area contributed by atoms with Gasteiger partial charge in [-0.3, -0.25) is 4.79 Å². The predicted octanol–water partition coefficient (Wildman–Crippen LogP) is -2.53. The molecular formula is C16H30N14O2. The minimum absolute atomic E-state index is 0.0540. The maximum atomic E-state index is 10.7. The fraction of sp³-hybridized carbons (Fsp3) is 0.562. The van der Waals surface area contributed by atoms with E-state index in [0.717, 1.165) is 0 Å². The highest BCUT2D eigenvalue weighted by atomic mass is 16.4. The van der Waals surface area contributed by atoms with E-state index in [2.05, 4.69) is 56.5 Å². The molecule has 0 radical (unpaired) electrons. The van der Waals surface area contributed by atoms with Crippen molar-refractivity contribution in [2.24, 2.45) is 11.5 Å². The molecule has 0 aliphatic rings. The normalized spacial score (nSPS) is 10.6. The van der Waals surface area contributed by atoms with E-state index < -0.39 is 5.97 Å². The lowest BCUT2D eigenvalue weighted by Crippen LogP contribution is -2.25. The van der Waals surface area contributed by atoms with Crippen LogP contribution in [0.3, 0.4) is 0 Å². The Morgan fingerprint density at radius 2 is 1.22 bits per heavy atom. The molecule has 2 heterocycles. The van der Waals surface area contributed by atoms with Crippen LogP contribution in [0.2, 0.25) is 0 Å². The average Bonchev–Trinajstić information content (AvgIpc) is 2.75. The molecule has 0 amide bonds. The van der Waals surface area contributed by atoms with Crippen molar-refractivity contribution in [1.82, 2.24) is 35.2 Å². The number of nitrogen functional groups attached to an aromatic ring is 1. The molecule has 0 fully saturated rings. The number of nitrogens with one attached hydrogen (secondary N) is 5. The highest BCUT2D eigenvalue weighted by Gasteiger charge is 2.08. The quantitative estimate of drug-likeness (QED) is 0.119. The Labute approximate surface area is 184 Å². The first-order valence-corrected chi connectivity index (χ1v) is 10.0. The minimum atomic E-state index is -0.912. The summed E-state index contributed by atoms with van der Waals surface area (Å²) < 4.78 is 0. The van der Waals surface area contributed by atoms with Crippen molar-refractivity contribution in [1.29, 1.82) is 0 Å². The summed E-state index contributed by atoms with van der Waals surface area (Å²) in [7, 11) is 0. The molecule has 2 rings (SSSR count). The van der Waals surface area contributed by atoms with Gasteiger partial charge in [0, 0.05) is 45.8 Å². The summed E-state index contributed by atoms with van der Waals surface area (Å²) in [6.45, 7) is 3.48. The molecule has 0 aliphatic carbocycles. The number of carbonyl (C=O) groups is 1. The summed E-state index contributed by atoms with van der Waals surface area (Å²) in [4.78, 5) is 35.7. The second-order valence-electron chi connectivity index (χ2n) is 6.34. The number of aliphatic carboxylic acids is 1. The van der Waals surface area contributed by atoms with Crippen LogP contribution in [-0.2, 0) is 11.3 Å². The van der Waals surface area contributed by atoms with Crippen molar-refractivity contribution in [2.45, 2.75) is 13.0 Å². The van der Waals surface area contributed by atoms with Gasteiger partial charge in [-0.15, -0.1) is 0 Å². The Morgan fingerprint density at radius 3 is 1.75 bits per heavy atom. The second kappa shape index (κ2) is 13.6. The zero-order chi connectivity index (χ0) is 23.2. The fourth-order valence-corrected chi connectivity index (χ4v) is 2.32. The van der Waals surface area contributed by atoms with Crippen LogP contribution in [0.15, 0.2) is 0 Å². The summed E-state index contributed by atoms with van der Waals surface area (Å²) in [5.41, 5.74) is 16.6. The highest BCUT2D eigenvalue weighted by Crippen LogP contribution is 2.07. The molecule has 0 aliphatic heterocycles. The highest BCUT2D eigenvalue weighted by molar-refractivity contribution is 5.67. The summed E-state index contributed by atoms with van der Waals surface area (Å²) in [6, 6.07) is 0. The van der Waals surface area contributed by atoms with Gasteiger partial charge in [-0.25, -0.2) is 0 Å². The predicted molar refractivity (Wildman–Crippen MR) is 120 cm³/mol. The van der Waals surface area contributed by atoms with Crippen LogP contribution in [0.5, 0.6) is 0 Å².